The fraction of sp³-hybridized carbons (Fsp3) is 0.174. The molecule has 0 saturated heterocycles. The fourth-order valence-electron chi connectivity index (χ4n) is 3.18. The Morgan fingerprint density at radius 3 is 2.58 bits per heavy atom. The normalized spacial score (nSPS) is 10.6. The SMILES string of the molecule is COc1cc(C(=O)NCCn2nc(-c3ccc(F)cc3)cc2-c2cccnc2)nc(OC)n1. The molecule has 9 nitrogen and oxygen atoms in total. The van der Waals surface area contributed by atoms with Gasteiger partial charge in [0, 0.05) is 36.1 Å². The number of aromatic nitrogens is 5. The molecule has 3 aromatic heterocycles. The minimum absolute atomic E-state index is 0.0365. The lowest BCUT2D eigenvalue weighted by molar-refractivity contribution is 0.0945. The summed E-state index contributed by atoms with van der Waals surface area (Å²) < 4.78 is 25.2. The molecule has 1 amide bonds. The molecule has 0 aliphatic heterocycles. The van der Waals surface area contributed by atoms with Crippen LogP contribution in [0, 0.1) is 5.82 Å². The summed E-state index contributed by atoms with van der Waals surface area (Å²) in [5.41, 5.74) is 3.28. The van der Waals surface area contributed by atoms with Crippen molar-refractivity contribution in [3.63, 3.8) is 0 Å². The van der Waals surface area contributed by atoms with Gasteiger partial charge >= 0.3 is 6.01 Å². The van der Waals surface area contributed by atoms with Crippen LogP contribution in [0.25, 0.3) is 22.5 Å². The van der Waals surface area contributed by atoms with Gasteiger partial charge in [0.2, 0.25) is 5.88 Å². The van der Waals surface area contributed by atoms with Crippen molar-refractivity contribution in [3.05, 3.63) is 72.4 Å². The Bertz CT molecular complexity index is 1220. The Morgan fingerprint density at radius 2 is 1.88 bits per heavy atom. The molecule has 168 valence electrons. The first-order chi connectivity index (χ1) is 16.1. The molecule has 0 aliphatic carbocycles. The van der Waals surface area contributed by atoms with Gasteiger partial charge in [-0.05, 0) is 42.5 Å². The van der Waals surface area contributed by atoms with Crippen molar-refractivity contribution in [1.29, 1.82) is 0 Å². The number of rotatable bonds is 8. The number of carbonyl (C=O) groups is 1. The summed E-state index contributed by atoms with van der Waals surface area (Å²) >= 11 is 0. The lowest BCUT2D eigenvalue weighted by atomic mass is 10.1. The van der Waals surface area contributed by atoms with Gasteiger partial charge in [-0.1, -0.05) is 0 Å². The van der Waals surface area contributed by atoms with E-state index in [1.807, 2.05) is 18.2 Å². The van der Waals surface area contributed by atoms with Crippen molar-refractivity contribution in [3.8, 4) is 34.4 Å². The van der Waals surface area contributed by atoms with Crippen LogP contribution in [-0.4, -0.2) is 51.4 Å². The molecule has 10 heteroatoms. The van der Waals surface area contributed by atoms with Crippen molar-refractivity contribution in [2.24, 2.45) is 0 Å². The quantitative estimate of drug-likeness (QED) is 0.442. The van der Waals surface area contributed by atoms with Crippen LogP contribution in [0.1, 0.15) is 10.5 Å². The average molecular weight is 448 g/mol. The number of hydrogen-bond donors (Lipinski definition) is 1. The number of ether oxygens (including phenoxy) is 2. The lowest BCUT2D eigenvalue weighted by Gasteiger charge is -2.09. The number of amides is 1. The van der Waals surface area contributed by atoms with Gasteiger partial charge in [0.25, 0.3) is 5.91 Å². The van der Waals surface area contributed by atoms with Gasteiger partial charge in [-0.2, -0.15) is 15.1 Å². The minimum atomic E-state index is -0.400. The largest absolute Gasteiger partial charge is 0.481 e. The van der Waals surface area contributed by atoms with Gasteiger partial charge in [0.1, 0.15) is 11.5 Å². The number of methoxy groups -OCH3 is 2. The molecule has 0 radical (unpaired) electrons. The van der Waals surface area contributed by atoms with E-state index in [0.717, 1.165) is 16.8 Å². The Labute approximate surface area is 189 Å². The maximum Gasteiger partial charge on any atom is 0.320 e. The van der Waals surface area contributed by atoms with E-state index in [4.69, 9.17) is 9.47 Å². The van der Waals surface area contributed by atoms with Crippen molar-refractivity contribution >= 4 is 5.91 Å². The molecule has 0 bridgehead atoms. The van der Waals surface area contributed by atoms with Crippen molar-refractivity contribution in [1.82, 2.24) is 30.0 Å². The summed E-state index contributed by atoms with van der Waals surface area (Å²) in [6.45, 7) is 0.668. The minimum Gasteiger partial charge on any atom is -0.481 e. The summed E-state index contributed by atoms with van der Waals surface area (Å²) in [5, 5.41) is 7.48. The van der Waals surface area contributed by atoms with Gasteiger partial charge in [0.05, 0.1) is 32.2 Å². The number of benzene rings is 1. The van der Waals surface area contributed by atoms with E-state index in [0.29, 0.717) is 12.2 Å². The highest BCUT2D eigenvalue weighted by atomic mass is 19.1. The van der Waals surface area contributed by atoms with E-state index in [9.17, 15) is 9.18 Å². The lowest BCUT2D eigenvalue weighted by Crippen LogP contribution is -2.28. The van der Waals surface area contributed by atoms with E-state index in [1.165, 1.54) is 32.4 Å². The highest BCUT2D eigenvalue weighted by Gasteiger charge is 2.15. The number of hydrogen-bond acceptors (Lipinski definition) is 7. The van der Waals surface area contributed by atoms with Crippen molar-refractivity contribution < 1.29 is 18.7 Å². The zero-order chi connectivity index (χ0) is 23.2. The van der Waals surface area contributed by atoms with Gasteiger partial charge < -0.3 is 14.8 Å². The van der Waals surface area contributed by atoms with Crippen molar-refractivity contribution in [2.75, 3.05) is 20.8 Å². The first-order valence-corrected chi connectivity index (χ1v) is 10.1. The van der Waals surface area contributed by atoms with Gasteiger partial charge in [-0.15, -0.1) is 0 Å². The molecule has 33 heavy (non-hydrogen) atoms. The van der Waals surface area contributed by atoms with Crippen LogP contribution >= 0.6 is 0 Å². The Kier molecular flexibility index (Phi) is 6.53. The average Bonchev–Trinajstić information content (AvgIpc) is 3.28. The maximum absolute atomic E-state index is 13.3. The van der Waals surface area contributed by atoms with Crippen LogP contribution in [0.4, 0.5) is 4.39 Å². The van der Waals surface area contributed by atoms with Crippen LogP contribution in [0.3, 0.4) is 0 Å². The fourth-order valence-corrected chi connectivity index (χ4v) is 3.18. The van der Waals surface area contributed by atoms with E-state index in [2.05, 4.69) is 25.4 Å². The van der Waals surface area contributed by atoms with E-state index < -0.39 is 5.91 Å². The highest BCUT2D eigenvalue weighted by Crippen LogP contribution is 2.26. The van der Waals surface area contributed by atoms with E-state index in [1.54, 1.807) is 29.2 Å². The second-order valence-corrected chi connectivity index (χ2v) is 6.92. The standard InChI is InChI=1S/C23H21FN6O3/c1-32-21-13-19(27-23(28-21)33-2)22(31)26-10-11-30-20(16-4-3-9-25-14-16)12-18(29-30)15-5-7-17(24)8-6-15/h3-9,12-14H,10-11H2,1-2H3,(H,26,31). The Morgan fingerprint density at radius 1 is 1.06 bits per heavy atom. The molecule has 4 aromatic rings. The second-order valence-electron chi connectivity index (χ2n) is 6.92. The third-order valence-corrected chi connectivity index (χ3v) is 4.79. The molecule has 0 fully saturated rings. The van der Waals surface area contributed by atoms with E-state index in [-0.39, 0.29) is 29.9 Å². The zero-order valence-electron chi connectivity index (χ0n) is 18.0. The molecule has 0 aliphatic rings. The molecule has 1 aromatic carbocycles. The summed E-state index contributed by atoms with van der Waals surface area (Å²) in [4.78, 5) is 24.8. The molecule has 1 N–H and O–H groups in total. The highest BCUT2D eigenvalue weighted by molar-refractivity contribution is 5.92. The van der Waals surface area contributed by atoms with Crippen LogP contribution in [0.5, 0.6) is 11.9 Å². The predicted octanol–water partition coefficient (Wildman–Crippen LogP) is 2.99. The van der Waals surface area contributed by atoms with Crippen LogP contribution in [0.15, 0.2) is 60.9 Å². The molecule has 4 rings (SSSR count). The number of halogens is 1. The molecule has 3 heterocycles. The van der Waals surface area contributed by atoms with Crippen LogP contribution in [-0.2, 0) is 6.54 Å². The number of pyridine rings is 1. The maximum atomic E-state index is 13.3. The number of nitrogens with one attached hydrogen (secondary N) is 1. The second kappa shape index (κ2) is 9.86. The third kappa shape index (κ3) is 5.12. The monoisotopic (exact) mass is 448 g/mol. The Balaban J connectivity index is 1.54. The zero-order valence-corrected chi connectivity index (χ0v) is 18.0. The molecular formula is C23H21FN6O3. The summed E-state index contributed by atoms with van der Waals surface area (Å²) in [6.07, 6.45) is 3.43. The Hall–Kier alpha value is -4.34. The third-order valence-electron chi connectivity index (χ3n) is 4.79. The smallest absolute Gasteiger partial charge is 0.320 e. The predicted molar refractivity (Wildman–Crippen MR) is 118 cm³/mol. The first-order valence-electron chi connectivity index (χ1n) is 10.1. The summed E-state index contributed by atoms with van der Waals surface area (Å²) in [5.74, 6) is -0.490. The molecule has 0 spiro atoms. The van der Waals surface area contributed by atoms with Gasteiger partial charge in [-0.3, -0.25) is 14.5 Å². The summed E-state index contributed by atoms with van der Waals surface area (Å²) in [7, 11) is 2.85. The molecular weight excluding hydrogens is 427 g/mol. The molecule has 0 saturated carbocycles. The topological polar surface area (TPSA) is 104 Å². The van der Waals surface area contributed by atoms with Crippen LogP contribution in [0.2, 0.25) is 0 Å². The molecule has 0 unspecified atom stereocenters. The summed E-state index contributed by atoms with van der Waals surface area (Å²) in [6, 6.07) is 13.3. The number of carbonyl (C=O) groups excluding carboxylic acids is 1. The number of nitrogens with zero attached hydrogens (tertiary/aromatic N) is 5. The first kappa shape index (κ1) is 21.9. The van der Waals surface area contributed by atoms with Gasteiger partial charge in [0.15, 0.2) is 0 Å². The van der Waals surface area contributed by atoms with Crippen molar-refractivity contribution in [2.45, 2.75) is 6.54 Å². The van der Waals surface area contributed by atoms with Gasteiger partial charge in [-0.25, -0.2) is 4.39 Å². The molecule has 0 atom stereocenters. The van der Waals surface area contributed by atoms with Crippen LogP contribution < -0.4 is 14.8 Å². The van der Waals surface area contributed by atoms with E-state index >= 15 is 0 Å².